The fourth-order valence-corrected chi connectivity index (χ4v) is 2.03. The van der Waals surface area contributed by atoms with E-state index in [0.717, 1.165) is 5.56 Å². The molecule has 0 spiro atoms. The van der Waals surface area contributed by atoms with E-state index in [0.29, 0.717) is 12.1 Å². The molecule has 0 unspecified atom stereocenters. The predicted octanol–water partition coefficient (Wildman–Crippen LogP) is 3.92. The van der Waals surface area contributed by atoms with Crippen LogP contribution in [0.2, 0.25) is 5.02 Å². The van der Waals surface area contributed by atoms with Crippen LogP contribution < -0.4 is 10.1 Å². The van der Waals surface area contributed by atoms with Gasteiger partial charge in [0.15, 0.2) is 11.6 Å². The molecule has 0 heterocycles. The SMILES string of the molecule is CNCc1cccc(F)c1OCc1ccc(F)c(Cl)c1. The molecule has 2 aromatic carbocycles. The molecule has 0 saturated carbocycles. The first-order valence-electron chi connectivity index (χ1n) is 6.10. The molecule has 0 aliphatic rings. The van der Waals surface area contributed by atoms with E-state index >= 15 is 0 Å². The van der Waals surface area contributed by atoms with Crippen LogP contribution in [0, 0.1) is 11.6 Å². The van der Waals surface area contributed by atoms with Gasteiger partial charge in [-0.15, -0.1) is 0 Å². The number of halogens is 3. The van der Waals surface area contributed by atoms with E-state index in [1.54, 1.807) is 25.2 Å². The molecule has 0 amide bonds. The number of rotatable bonds is 5. The Kier molecular flexibility index (Phi) is 4.93. The zero-order valence-electron chi connectivity index (χ0n) is 10.9. The minimum Gasteiger partial charge on any atom is -0.485 e. The van der Waals surface area contributed by atoms with Crippen molar-refractivity contribution in [3.05, 3.63) is 64.2 Å². The van der Waals surface area contributed by atoms with Crippen LogP contribution in [0.4, 0.5) is 8.78 Å². The molecule has 0 aliphatic heterocycles. The van der Waals surface area contributed by atoms with Gasteiger partial charge in [0.2, 0.25) is 0 Å². The maximum absolute atomic E-state index is 13.8. The van der Waals surface area contributed by atoms with Crippen molar-refractivity contribution >= 4 is 11.6 Å². The predicted molar refractivity (Wildman–Crippen MR) is 74.9 cm³/mol. The van der Waals surface area contributed by atoms with Gasteiger partial charge in [-0.3, -0.25) is 0 Å². The summed E-state index contributed by atoms with van der Waals surface area (Å²) in [5.74, 6) is -0.717. The van der Waals surface area contributed by atoms with E-state index in [4.69, 9.17) is 16.3 Å². The number of hydrogen-bond donors (Lipinski definition) is 1. The molecule has 106 valence electrons. The van der Waals surface area contributed by atoms with Crippen LogP contribution in [0.15, 0.2) is 36.4 Å². The Morgan fingerprint density at radius 1 is 1.15 bits per heavy atom. The Morgan fingerprint density at radius 2 is 1.95 bits per heavy atom. The highest BCUT2D eigenvalue weighted by molar-refractivity contribution is 6.30. The Bertz CT molecular complexity index is 604. The molecule has 0 bridgehead atoms. The lowest BCUT2D eigenvalue weighted by molar-refractivity contribution is 0.286. The third kappa shape index (κ3) is 3.46. The maximum atomic E-state index is 13.8. The summed E-state index contributed by atoms with van der Waals surface area (Å²) < 4.78 is 32.3. The minimum absolute atomic E-state index is 0.0232. The quantitative estimate of drug-likeness (QED) is 0.903. The molecule has 2 nitrogen and oxygen atoms in total. The first-order chi connectivity index (χ1) is 9.61. The van der Waals surface area contributed by atoms with Gasteiger partial charge in [0.1, 0.15) is 12.4 Å². The summed E-state index contributed by atoms with van der Waals surface area (Å²) in [4.78, 5) is 0. The fraction of sp³-hybridized carbons (Fsp3) is 0.200. The van der Waals surface area contributed by atoms with E-state index in [1.165, 1.54) is 18.2 Å². The highest BCUT2D eigenvalue weighted by Gasteiger charge is 2.10. The number of benzene rings is 2. The van der Waals surface area contributed by atoms with Crippen LogP contribution in [-0.4, -0.2) is 7.05 Å². The zero-order chi connectivity index (χ0) is 14.5. The average Bonchev–Trinajstić information content (AvgIpc) is 2.42. The second-order valence-electron chi connectivity index (χ2n) is 4.30. The van der Waals surface area contributed by atoms with Crippen LogP contribution in [0.1, 0.15) is 11.1 Å². The molecule has 0 radical (unpaired) electrons. The van der Waals surface area contributed by atoms with E-state index in [9.17, 15) is 8.78 Å². The van der Waals surface area contributed by atoms with Crippen molar-refractivity contribution in [1.82, 2.24) is 5.32 Å². The molecule has 5 heteroatoms. The van der Waals surface area contributed by atoms with Crippen LogP contribution in [-0.2, 0) is 13.2 Å². The molecule has 2 rings (SSSR count). The van der Waals surface area contributed by atoms with Gasteiger partial charge in [-0.1, -0.05) is 29.8 Å². The van der Waals surface area contributed by atoms with Crippen molar-refractivity contribution in [2.75, 3.05) is 7.05 Å². The largest absolute Gasteiger partial charge is 0.485 e. The van der Waals surface area contributed by atoms with Gasteiger partial charge in [0.25, 0.3) is 0 Å². The molecule has 0 aliphatic carbocycles. The molecule has 2 aromatic rings. The van der Waals surface area contributed by atoms with Crippen LogP contribution >= 0.6 is 11.6 Å². The fourth-order valence-electron chi connectivity index (χ4n) is 1.83. The lowest BCUT2D eigenvalue weighted by atomic mass is 10.2. The van der Waals surface area contributed by atoms with Gasteiger partial charge in [-0.05, 0) is 30.8 Å². The summed E-state index contributed by atoms with van der Waals surface area (Å²) in [5, 5.41) is 2.97. The Labute approximate surface area is 121 Å². The summed E-state index contributed by atoms with van der Waals surface area (Å²) in [6.45, 7) is 0.620. The number of hydrogen-bond acceptors (Lipinski definition) is 2. The van der Waals surface area contributed by atoms with Crippen molar-refractivity contribution in [2.24, 2.45) is 0 Å². The van der Waals surface area contributed by atoms with Gasteiger partial charge in [0.05, 0.1) is 5.02 Å². The highest BCUT2D eigenvalue weighted by atomic mass is 35.5. The molecule has 1 N–H and O–H groups in total. The Balaban J connectivity index is 2.15. The lowest BCUT2D eigenvalue weighted by Crippen LogP contribution is -2.08. The van der Waals surface area contributed by atoms with Crippen molar-refractivity contribution in [3.63, 3.8) is 0 Å². The number of para-hydroxylation sites is 1. The van der Waals surface area contributed by atoms with E-state index < -0.39 is 11.6 Å². The van der Waals surface area contributed by atoms with Gasteiger partial charge in [-0.2, -0.15) is 0 Å². The van der Waals surface area contributed by atoms with Crippen LogP contribution in [0.5, 0.6) is 5.75 Å². The Hall–Kier alpha value is -1.65. The molecule has 0 atom stereocenters. The molecule has 20 heavy (non-hydrogen) atoms. The summed E-state index contributed by atoms with van der Waals surface area (Å²) >= 11 is 5.69. The van der Waals surface area contributed by atoms with E-state index in [2.05, 4.69) is 5.32 Å². The minimum atomic E-state index is -0.489. The molecule has 0 aromatic heterocycles. The zero-order valence-corrected chi connectivity index (χ0v) is 11.7. The molecular weight excluding hydrogens is 284 g/mol. The number of ether oxygens (including phenoxy) is 1. The monoisotopic (exact) mass is 297 g/mol. The van der Waals surface area contributed by atoms with E-state index in [-0.39, 0.29) is 17.4 Å². The maximum Gasteiger partial charge on any atom is 0.165 e. The second kappa shape index (κ2) is 6.68. The van der Waals surface area contributed by atoms with Gasteiger partial charge < -0.3 is 10.1 Å². The standard InChI is InChI=1S/C15H14ClF2NO/c1-19-8-11-3-2-4-14(18)15(11)20-9-10-5-6-13(17)12(16)7-10/h2-7,19H,8-9H2,1H3. The van der Waals surface area contributed by atoms with Crippen LogP contribution in [0.3, 0.4) is 0 Å². The average molecular weight is 298 g/mol. The third-order valence-corrected chi connectivity index (χ3v) is 3.07. The smallest absolute Gasteiger partial charge is 0.165 e. The van der Waals surface area contributed by atoms with Gasteiger partial charge in [-0.25, -0.2) is 8.78 Å². The second-order valence-corrected chi connectivity index (χ2v) is 4.70. The summed E-state index contributed by atoms with van der Waals surface area (Å²) in [6.07, 6.45) is 0. The first kappa shape index (κ1) is 14.8. The molecule has 0 saturated heterocycles. The Morgan fingerprint density at radius 3 is 2.65 bits per heavy atom. The first-order valence-corrected chi connectivity index (χ1v) is 6.48. The topological polar surface area (TPSA) is 21.3 Å². The van der Waals surface area contributed by atoms with Crippen LogP contribution in [0.25, 0.3) is 0 Å². The molecule has 0 fully saturated rings. The van der Waals surface area contributed by atoms with Crippen molar-refractivity contribution in [2.45, 2.75) is 13.2 Å². The highest BCUT2D eigenvalue weighted by Crippen LogP contribution is 2.24. The van der Waals surface area contributed by atoms with E-state index in [1.807, 2.05) is 0 Å². The van der Waals surface area contributed by atoms with Crippen molar-refractivity contribution in [3.8, 4) is 5.75 Å². The van der Waals surface area contributed by atoms with Crippen molar-refractivity contribution < 1.29 is 13.5 Å². The summed E-state index contributed by atoms with van der Waals surface area (Å²) in [5.41, 5.74) is 1.40. The van der Waals surface area contributed by atoms with Crippen molar-refractivity contribution in [1.29, 1.82) is 0 Å². The molecular formula is C15H14ClF2NO. The number of nitrogens with one attached hydrogen (secondary N) is 1. The van der Waals surface area contributed by atoms with Gasteiger partial charge >= 0.3 is 0 Å². The lowest BCUT2D eigenvalue weighted by Gasteiger charge is -2.12. The third-order valence-electron chi connectivity index (χ3n) is 2.78. The van der Waals surface area contributed by atoms with Gasteiger partial charge in [0, 0.05) is 12.1 Å². The normalized spacial score (nSPS) is 10.6. The summed E-state index contributed by atoms with van der Waals surface area (Å²) in [7, 11) is 1.77. The summed E-state index contributed by atoms with van der Waals surface area (Å²) in [6, 6.07) is 9.04.